The Labute approximate surface area is 116 Å². The number of amides is 1. The first-order valence-corrected chi connectivity index (χ1v) is 6.94. The van der Waals surface area contributed by atoms with E-state index in [9.17, 15) is 4.79 Å². The molecule has 18 heavy (non-hydrogen) atoms. The van der Waals surface area contributed by atoms with E-state index in [1.54, 1.807) is 0 Å². The molecule has 1 saturated heterocycles. The summed E-state index contributed by atoms with van der Waals surface area (Å²) >= 11 is 3.58. The maximum Gasteiger partial charge on any atom is 0.239 e. The molecule has 0 saturated carbocycles. The zero-order valence-electron chi connectivity index (χ0n) is 10.5. The van der Waals surface area contributed by atoms with Crippen LogP contribution in [-0.2, 0) is 11.3 Å². The predicted molar refractivity (Wildman–Crippen MR) is 76.7 cm³/mol. The summed E-state index contributed by atoms with van der Waals surface area (Å²) in [4.78, 5) is 13.7. The zero-order chi connectivity index (χ0) is 13.0. The molecule has 1 aromatic carbocycles. The lowest BCUT2D eigenvalue weighted by Gasteiger charge is -2.22. The number of anilines is 1. The molecule has 2 N–H and O–H groups in total. The molecular formula is C13H18BrN3O. The van der Waals surface area contributed by atoms with E-state index in [0.717, 1.165) is 36.2 Å². The van der Waals surface area contributed by atoms with Crippen molar-refractivity contribution in [1.82, 2.24) is 10.6 Å². The second kappa shape index (κ2) is 6.20. The molecule has 0 aliphatic carbocycles. The van der Waals surface area contributed by atoms with Gasteiger partial charge in [-0.15, -0.1) is 0 Å². The quantitative estimate of drug-likeness (QED) is 0.889. The zero-order valence-corrected chi connectivity index (χ0v) is 12.1. The van der Waals surface area contributed by atoms with Gasteiger partial charge in [0.2, 0.25) is 5.91 Å². The Balaban J connectivity index is 2.17. The maximum atomic E-state index is 11.5. The Bertz CT molecular complexity index is 436. The van der Waals surface area contributed by atoms with Crippen molar-refractivity contribution in [3.8, 4) is 0 Å². The first-order chi connectivity index (χ1) is 8.70. The lowest BCUT2D eigenvalue weighted by Crippen LogP contribution is -2.33. The molecule has 0 atom stereocenters. The number of hydrogen-bond acceptors (Lipinski definition) is 3. The molecule has 1 amide bonds. The minimum atomic E-state index is 0.0999. The van der Waals surface area contributed by atoms with E-state index >= 15 is 0 Å². The van der Waals surface area contributed by atoms with Crippen molar-refractivity contribution in [3.05, 3.63) is 28.2 Å². The van der Waals surface area contributed by atoms with Gasteiger partial charge in [-0.2, -0.15) is 0 Å². The highest BCUT2D eigenvalue weighted by atomic mass is 79.9. The lowest BCUT2D eigenvalue weighted by molar-refractivity contribution is -0.119. The van der Waals surface area contributed by atoms with Crippen LogP contribution in [0.3, 0.4) is 0 Å². The van der Waals surface area contributed by atoms with Gasteiger partial charge in [0.25, 0.3) is 0 Å². The number of hydrogen-bond donors (Lipinski definition) is 2. The normalized spacial score (nSPS) is 16.3. The van der Waals surface area contributed by atoms with E-state index in [0.29, 0.717) is 6.54 Å². The first-order valence-electron chi connectivity index (χ1n) is 6.15. The summed E-state index contributed by atoms with van der Waals surface area (Å²) in [5, 5.41) is 6.02. The molecule has 1 aliphatic rings. The lowest BCUT2D eigenvalue weighted by atomic mass is 10.2. The topological polar surface area (TPSA) is 44.4 Å². The number of nitrogens with zero attached hydrogens (tertiary/aromatic N) is 1. The Morgan fingerprint density at radius 1 is 1.50 bits per heavy atom. The molecule has 1 heterocycles. The van der Waals surface area contributed by atoms with Crippen molar-refractivity contribution in [2.75, 3.05) is 31.6 Å². The van der Waals surface area contributed by atoms with Crippen LogP contribution in [0.1, 0.15) is 12.0 Å². The average Bonchev–Trinajstić information content (AvgIpc) is 2.57. The van der Waals surface area contributed by atoms with E-state index in [1.165, 1.54) is 5.56 Å². The monoisotopic (exact) mass is 311 g/mol. The molecule has 1 aromatic rings. The fraction of sp³-hybridized carbons (Fsp3) is 0.462. The van der Waals surface area contributed by atoms with Crippen LogP contribution in [0.2, 0.25) is 0 Å². The highest BCUT2D eigenvalue weighted by Gasteiger charge is 2.15. The molecule has 0 aromatic heterocycles. The third-order valence-electron chi connectivity index (χ3n) is 3.03. The van der Waals surface area contributed by atoms with Gasteiger partial charge >= 0.3 is 0 Å². The van der Waals surface area contributed by atoms with Gasteiger partial charge in [0, 0.05) is 29.8 Å². The number of rotatable bonds is 3. The van der Waals surface area contributed by atoms with Crippen molar-refractivity contribution < 1.29 is 4.79 Å². The number of halogens is 1. The van der Waals surface area contributed by atoms with Crippen molar-refractivity contribution in [2.24, 2.45) is 0 Å². The molecule has 0 spiro atoms. The number of benzene rings is 1. The van der Waals surface area contributed by atoms with Crippen LogP contribution >= 0.6 is 15.9 Å². The minimum Gasteiger partial charge on any atom is -0.362 e. The van der Waals surface area contributed by atoms with Gasteiger partial charge in [0.05, 0.1) is 6.54 Å². The number of carbonyl (C=O) groups is 1. The molecule has 98 valence electrons. The second-order valence-corrected chi connectivity index (χ2v) is 5.29. The van der Waals surface area contributed by atoms with Gasteiger partial charge < -0.3 is 15.5 Å². The summed E-state index contributed by atoms with van der Waals surface area (Å²) in [6.45, 7) is 2.96. The smallest absolute Gasteiger partial charge is 0.239 e. The van der Waals surface area contributed by atoms with Crippen LogP contribution in [0.25, 0.3) is 0 Å². The molecule has 0 bridgehead atoms. The Kier molecular flexibility index (Phi) is 4.60. The van der Waals surface area contributed by atoms with Crippen LogP contribution < -0.4 is 15.5 Å². The molecular weight excluding hydrogens is 294 g/mol. The minimum absolute atomic E-state index is 0.0999. The van der Waals surface area contributed by atoms with Crippen LogP contribution in [0.4, 0.5) is 5.69 Å². The fourth-order valence-corrected chi connectivity index (χ4v) is 2.60. The van der Waals surface area contributed by atoms with Crippen molar-refractivity contribution >= 4 is 27.5 Å². The Hall–Kier alpha value is -1.07. The summed E-state index contributed by atoms with van der Waals surface area (Å²) in [5.74, 6) is 0.0999. The highest BCUT2D eigenvalue weighted by Crippen LogP contribution is 2.24. The summed E-state index contributed by atoms with van der Waals surface area (Å²) in [6.07, 6.45) is 0.988. The van der Waals surface area contributed by atoms with Gasteiger partial charge in [-0.05, 0) is 31.2 Å². The predicted octanol–water partition coefficient (Wildman–Crippen LogP) is 1.49. The molecule has 5 heteroatoms. The molecule has 1 fully saturated rings. The van der Waals surface area contributed by atoms with Crippen molar-refractivity contribution in [1.29, 1.82) is 0 Å². The van der Waals surface area contributed by atoms with Gasteiger partial charge in [0.15, 0.2) is 0 Å². The fourth-order valence-electron chi connectivity index (χ4n) is 2.09. The third kappa shape index (κ3) is 3.23. The van der Waals surface area contributed by atoms with Crippen LogP contribution in [-0.4, -0.2) is 32.6 Å². The van der Waals surface area contributed by atoms with E-state index in [4.69, 9.17) is 0 Å². The maximum absolute atomic E-state index is 11.5. The van der Waals surface area contributed by atoms with Crippen LogP contribution in [0.5, 0.6) is 0 Å². The summed E-state index contributed by atoms with van der Waals surface area (Å²) in [7, 11) is 1.93. The number of nitrogens with one attached hydrogen (secondary N) is 2. The molecule has 1 aliphatic heterocycles. The summed E-state index contributed by atoms with van der Waals surface area (Å²) in [6, 6.07) is 6.26. The van der Waals surface area contributed by atoms with Gasteiger partial charge in [-0.25, -0.2) is 0 Å². The van der Waals surface area contributed by atoms with Crippen molar-refractivity contribution in [3.63, 3.8) is 0 Å². The summed E-state index contributed by atoms with van der Waals surface area (Å²) < 4.78 is 1.08. The van der Waals surface area contributed by atoms with Crippen LogP contribution in [0, 0.1) is 0 Å². The standard InChI is InChI=1S/C13H18BrN3O/c1-15-8-10-3-4-11(7-12(10)14)17-6-2-5-16-13(18)9-17/h3-4,7,15H,2,5-6,8-9H2,1H3,(H,16,18). The first kappa shape index (κ1) is 13.4. The Morgan fingerprint density at radius 3 is 3.06 bits per heavy atom. The van der Waals surface area contributed by atoms with E-state index < -0.39 is 0 Å². The van der Waals surface area contributed by atoms with E-state index in [2.05, 4.69) is 49.7 Å². The average molecular weight is 312 g/mol. The second-order valence-electron chi connectivity index (χ2n) is 4.43. The van der Waals surface area contributed by atoms with Gasteiger partial charge in [-0.3, -0.25) is 4.79 Å². The third-order valence-corrected chi connectivity index (χ3v) is 3.77. The molecule has 0 radical (unpaired) electrons. The van der Waals surface area contributed by atoms with E-state index in [1.807, 2.05) is 7.05 Å². The molecule has 4 nitrogen and oxygen atoms in total. The summed E-state index contributed by atoms with van der Waals surface area (Å²) in [5.41, 5.74) is 2.32. The highest BCUT2D eigenvalue weighted by molar-refractivity contribution is 9.10. The molecule has 0 unspecified atom stereocenters. The van der Waals surface area contributed by atoms with Crippen molar-refractivity contribution in [2.45, 2.75) is 13.0 Å². The van der Waals surface area contributed by atoms with Gasteiger partial charge in [0.1, 0.15) is 0 Å². The van der Waals surface area contributed by atoms with E-state index in [-0.39, 0.29) is 5.91 Å². The largest absolute Gasteiger partial charge is 0.362 e. The Morgan fingerprint density at radius 2 is 2.33 bits per heavy atom. The van der Waals surface area contributed by atoms with Crippen LogP contribution in [0.15, 0.2) is 22.7 Å². The SMILES string of the molecule is CNCc1ccc(N2CCCNC(=O)C2)cc1Br. The number of carbonyl (C=O) groups excluding carboxylic acids is 1. The molecule has 2 rings (SSSR count). The van der Waals surface area contributed by atoms with Gasteiger partial charge in [-0.1, -0.05) is 22.0 Å².